The molecule has 6 nitrogen and oxygen atoms in total. The molecule has 0 saturated heterocycles. The fourth-order valence-corrected chi connectivity index (χ4v) is 1.58. The van der Waals surface area contributed by atoms with Gasteiger partial charge in [-0.1, -0.05) is 0 Å². The molecule has 0 aromatic heterocycles. The van der Waals surface area contributed by atoms with Crippen molar-refractivity contribution in [1.82, 2.24) is 14.7 Å². The first-order valence-electron chi connectivity index (χ1n) is 4.55. The highest BCUT2D eigenvalue weighted by Crippen LogP contribution is 2.19. The highest BCUT2D eigenvalue weighted by Gasteiger charge is 2.35. The second kappa shape index (κ2) is 3.08. The molecule has 0 aliphatic carbocycles. The van der Waals surface area contributed by atoms with E-state index in [-0.39, 0.29) is 11.9 Å². The second-order valence-electron chi connectivity index (χ2n) is 3.62. The van der Waals surface area contributed by atoms with Crippen LogP contribution in [0.4, 0.5) is 4.79 Å². The molecule has 1 unspecified atom stereocenters. The quantitative estimate of drug-likeness (QED) is 0.549. The molecule has 0 spiro atoms. The minimum atomic E-state index is -0.434. The standard InChI is InChI=1S/C9H12N4O2/c1-11-5-10-7-4-6(11)8(14)13(3)9(15)12(7)2/h4-6H,1-3H3. The van der Waals surface area contributed by atoms with Gasteiger partial charge >= 0.3 is 6.03 Å². The number of fused-ring (bicyclic) bond motifs is 1. The molecule has 0 N–H and O–H groups in total. The fraction of sp³-hybridized carbons (Fsp3) is 0.444. The normalized spacial score (nSPS) is 25.7. The summed E-state index contributed by atoms with van der Waals surface area (Å²) in [4.78, 5) is 31.8. The van der Waals surface area contributed by atoms with Crippen molar-refractivity contribution in [2.75, 3.05) is 21.1 Å². The van der Waals surface area contributed by atoms with Crippen LogP contribution in [0.25, 0.3) is 0 Å². The Morgan fingerprint density at radius 1 is 1.20 bits per heavy atom. The van der Waals surface area contributed by atoms with E-state index in [2.05, 4.69) is 4.99 Å². The Hall–Kier alpha value is -1.85. The zero-order valence-electron chi connectivity index (χ0n) is 8.84. The molecule has 2 rings (SSSR count). The fourth-order valence-electron chi connectivity index (χ4n) is 1.58. The Morgan fingerprint density at radius 3 is 2.53 bits per heavy atom. The molecule has 2 aliphatic rings. The van der Waals surface area contributed by atoms with Crippen LogP contribution in [0.2, 0.25) is 0 Å². The van der Waals surface area contributed by atoms with Crippen molar-refractivity contribution in [3.63, 3.8) is 0 Å². The van der Waals surface area contributed by atoms with Gasteiger partial charge in [0.05, 0.1) is 6.34 Å². The Labute approximate surface area is 87.5 Å². The molecule has 1 atom stereocenters. The lowest BCUT2D eigenvalue weighted by Crippen LogP contribution is -2.46. The molecular formula is C9H12N4O2. The lowest BCUT2D eigenvalue weighted by atomic mass is 10.2. The van der Waals surface area contributed by atoms with Gasteiger partial charge in [0.15, 0.2) is 0 Å². The van der Waals surface area contributed by atoms with Crippen molar-refractivity contribution in [2.45, 2.75) is 6.04 Å². The molecule has 2 heterocycles. The number of likely N-dealkylation sites (N-methyl/N-ethyl adjacent to an activating group) is 2. The third kappa shape index (κ3) is 1.29. The second-order valence-corrected chi connectivity index (χ2v) is 3.62. The number of hydrogen-bond donors (Lipinski definition) is 0. The van der Waals surface area contributed by atoms with Gasteiger partial charge in [-0.15, -0.1) is 0 Å². The summed E-state index contributed by atoms with van der Waals surface area (Å²) in [6, 6.07) is -0.794. The van der Waals surface area contributed by atoms with Crippen LogP contribution in [-0.4, -0.2) is 60.2 Å². The molecule has 2 aliphatic heterocycles. The van der Waals surface area contributed by atoms with Crippen LogP contribution in [-0.2, 0) is 4.79 Å². The average molecular weight is 208 g/mol. The van der Waals surface area contributed by atoms with Crippen molar-refractivity contribution in [3.05, 3.63) is 11.9 Å². The molecule has 6 heteroatoms. The number of urea groups is 1. The molecule has 2 bridgehead atoms. The van der Waals surface area contributed by atoms with E-state index in [0.717, 1.165) is 4.90 Å². The summed E-state index contributed by atoms with van der Waals surface area (Å²) in [6.45, 7) is 0. The van der Waals surface area contributed by atoms with Crippen LogP contribution >= 0.6 is 0 Å². The number of aliphatic imine (C=N–C) groups is 1. The Morgan fingerprint density at radius 2 is 1.87 bits per heavy atom. The summed E-state index contributed by atoms with van der Waals surface area (Å²) in [5.41, 5.74) is 0. The highest BCUT2D eigenvalue weighted by atomic mass is 16.2. The zero-order chi connectivity index (χ0) is 11.2. The lowest BCUT2D eigenvalue weighted by Gasteiger charge is -2.24. The maximum absolute atomic E-state index is 11.9. The van der Waals surface area contributed by atoms with Gasteiger partial charge < -0.3 is 4.90 Å². The van der Waals surface area contributed by atoms with Crippen molar-refractivity contribution in [3.8, 4) is 0 Å². The topological polar surface area (TPSA) is 56.2 Å². The van der Waals surface area contributed by atoms with E-state index in [4.69, 9.17) is 0 Å². The highest BCUT2D eigenvalue weighted by molar-refractivity contribution is 6.00. The van der Waals surface area contributed by atoms with Crippen LogP contribution in [0, 0.1) is 0 Å². The van der Waals surface area contributed by atoms with Crippen LogP contribution < -0.4 is 0 Å². The Balaban J connectivity index is 2.46. The SMILES string of the molecule is CN1C(=O)C2C=C(N=CN2C)N(C)C1=O. The van der Waals surface area contributed by atoms with E-state index >= 15 is 0 Å². The first-order chi connectivity index (χ1) is 7.02. The molecule has 0 aromatic carbocycles. The van der Waals surface area contributed by atoms with E-state index in [1.165, 1.54) is 11.9 Å². The predicted octanol–water partition coefficient (Wildman–Crippen LogP) is -0.306. The molecule has 0 aromatic rings. The minimum Gasteiger partial charge on any atom is -0.350 e. The number of carbonyl (C=O) groups excluding carboxylic acids is 2. The first kappa shape index (κ1) is 9.70. The van der Waals surface area contributed by atoms with Crippen LogP contribution in [0.1, 0.15) is 0 Å². The van der Waals surface area contributed by atoms with Gasteiger partial charge in [-0.3, -0.25) is 14.6 Å². The van der Waals surface area contributed by atoms with Gasteiger partial charge in [0.25, 0.3) is 5.91 Å². The van der Waals surface area contributed by atoms with Crippen molar-refractivity contribution in [2.24, 2.45) is 4.99 Å². The summed E-state index contributed by atoms with van der Waals surface area (Å²) in [5.74, 6) is 0.274. The van der Waals surface area contributed by atoms with Gasteiger partial charge in [-0.05, 0) is 6.08 Å². The maximum atomic E-state index is 11.9. The molecule has 0 radical (unpaired) electrons. The number of rotatable bonds is 0. The van der Waals surface area contributed by atoms with Gasteiger partial charge in [0.2, 0.25) is 0 Å². The molecular weight excluding hydrogens is 196 g/mol. The molecule has 0 saturated carbocycles. The first-order valence-corrected chi connectivity index (χ1v) is 4.55. The third-order valence-corrected chi connectivity index (χ3v) is 2.62. The number of carbonyl (C=O) groups is 2. The molecule has 80 valence electrons. The lowest BCUT2D eigenvalue weighted by molar-refractivity contribution is -0.129. The molecule has 0 fully saturated rings. The van der Waals surface area contributed by atoms with Crippen molar-refractivity contribution in [1.29, 1.82) is 0 Å². The van der Waals surface area contributed by atoms with Gasteiger partial charge in [-0.2, -0.15) is 0 Å². The van der Waals surface area contributed by atoms with E-state index in [9.17, 15) is 9.59 Å². The predicted molar refractivity (Wildman–Crippen MR) is 54.1 cm³/mol. The summed E-state index contributed by atoms with van der Waals surface area (Å²) in [7, 11) is 4.83. The summed E-state index contributed by atoms with van der Waals surface area (Å²) >= 11 is 0. The van der Waals surface area contributed by atoms with Gasteiger partial charge in [-0.25, -0.2) is 9.79 Å². The molecule has 3 amide bonds. The Bertz CT molecular complexity index is 388. The third-order valence-electron chi connectivity index (χ3n) is 2.62. The largest absolute Gasteiger partial charge is 0.350 e. The van der Waals surface area contributed by atoms with Crippen LogP contribution in [0.15, 0.2) is 16.9 Å². The van der Waals surface area contributed by atoms with Gasteiger partial charge in [0, 0.05) is 21.1 Å². The molecule has 15 heavy (non-hydrogen) atoms. The minimum absolute atomic E-state index is 0.240. The summed E-state index contributed by atoms with van der Waals surface area (Å²) < 4.78 is 0. The van der Waals surface area contributed by atoms with Crippen molar-refractivity contribution < 1.29 is 9.59 Å². The summed E-state index contributed by atoms with van der Waals surface area (Å²) in [5, 5.41) is 0. The number of nitrogens with zero attached hydrogens (tertiary/aromatic N) is 4. The van der Waals surface area contributed by atoms with Crippen LogP contribution in [0.3, 0.4) is 0 Å². The Kier molecular flexibility index (Phi) is 1.99. The summed E-state index contributed by atoms with van der Waals surface area (Å²) in [6.07, 6.45) is 3.24. The van der Waals surface area contributed by atoms with E-state index in [1.54, 1.807) is 31.4 Å². The van der Waals surface area contributed by atoms with E-state index in [1.807, 2.05) is 0 Å². The number of imide groups is 1. The van der Waals surface area contributed by atoms with E-state index in [0.29, 0.717) is 5.82 Å². The monoisotopic (exact) mass is 208 g/mol. The van der Waals surface area contributed by atoms with E-state index < -0.39 is 6.04 Å². The van der Waals surface area contributed by atoms with Crippen molar-refractivity contribution >= 4 is 18.3 Å². The number of hydrogen-bond acceptors (Lipinski definition) is 4. The maximum Gasteiger partial charge on any atom is 0.331 e. The smallest absolute Gasteiger partial charge is 0.331 e. The van der Waals surface area contributed by atoms with Crippen LogP contribution in [0.5, 0.6) is 0 Å². The average Bonchev–Trinajstić information content (AvgIpc) is 2.30. The zero-order valence-corrected chi connectivity index (χ0v) is 8.84. The number of amides is 3. The van der Waals surface area contributed by atoms with Gasteiger partial charge in [0.1, 0.15) is 11.9 Å².